The van der Waals surface area contributed by atoms with Crippen molar-refractivity contribution in [2.45, 2.75) is 67.8 Å². The van der Waals surface area contributed by atoms with Crippen LogP contribution in [0.4, 0.5) is 0 Å². The monoisotopic (exact) mass is 632 g/mol. The van der Waals surface area contributed by atoms with Crippen molar-refractivity contribution >= 4 is 17.9 Å². The van der Waals surface area contributed by atoms with Gasteiger partial charge in [0.1, 0.15) is 54.2 Å². The molecule has 242 valence electrons. The normalized spacial score (nSPS) is 38.2. The summed E-state index contributed by atoms with van der Waals surface area (Å²) in [5.74, 6) is -5.78. The second kappa shape index (κ2) is 10.8. The average molecular weight is 633 g/mol. The van der Waals surface area contributed by atoms with Crippen LogP contribution in [0.3, 0.4) is 0 Å². The molecule has 2 aliphatic heterocycles. The van der Waals surface area contributed by atoms with Crippen LogP contribution in [0.5, 0.6) is 17.2 Å². The zero-order valence-corrected chi connectivity index (χ0v) is 23.8. The van der Waals surface area contributed by atoms with Crippen LogP contribution in [0.2, 0.25) is 0 Å². The van der Waals surface area contributed by atoms with Crippen LogP contribution in [0.15, 0.2) is 42.5 Å². The van der Waals surface area contributed by atoms with Gasteiger partial charge in [-0.3, -0.25) is 4.79 Å². The Morgan fingerprint density at radius 1 is 0.889 bits per heavy atom. The number of rotatable bonds is 8. The molecule has 15 nitrogen and oxygen atoms in total. The summed E-state index contributed by atoms with van der Waals surface area (Å²) >= 11 is 0. The average Bonchev–Trinajstić information content (AvgIpc) is 3.07. The molecule has 7 rings (SSSR count). The lowest BCUT2D eigenvalue weighted by atomic mass is 9.40. The van der Waals surface area contributed by atoms with E-state index >= 15 is 0 Å². The van der Waals surface area contributed by atoms with Gasteiger partial charge in [-0.05, 0) is 37.6 Å². The quantitative estimate of drug-likeness (QED) is 0.110. The number of benzene rings is 2. The number of carbonyl (C=O) groups excluding carboxylic acids is 3. The van der Waals surface area contributed by atoms with Crippen molar-refractivity contribution in [2.75, 3.05) is 13.2 Å². The van der Waals surface area contributed by atoms with E-state index in [0.29, 0.717) is 0 Å². The second-order valence-corrected chi connectivity index (χ2v) is 12.0. The predicted octanol–water partition coefficient (Wildman–Crippen LogP) is -0.533. The van der Waals surface area contributed by atoms with Crippen molar-refractivity contribution in [3.63, 3.8) is 0 Å². The van der Waals surface area contributed by atoms with E-state index in [2.05, 4.69) is 0 Å². The summed E-state index contributed by atoms with van der Waals surface area (Å²) in [5.41, 5.74) is -4.89. The fourth-order valence-electron chi connectivity index (χ4n) is 7.14. The Labute approximate surface area is 255 Å². The molecule has 0 unspecified atom stereocenters. The fraction of sp³-hybridized carbons (Fsp3) is 0.500. The number of phenols is 3. The van der Waals surface area contributed by atoms with Gasteiger partial charge in [0.25, 0.3) is 0 Å². The molecule has 45 heavy (non-hydrogen) atoms. The van der Waals surface area contributed by atoms with Gasteiger partial charge in [-0.1, -0.05) is 18.2 Å². The van der Waals surface area contributed by atoms with Crippen LogP contribution in [0.1, 0.15) is 40.5 Å². The van der Waals surface area contributed by atoms with Crippen LogP contribution in [0, 0.1) is 11.3 Å². The van der Waals surface area contributed by atoms with Crippen molar-refractivity contribution in [1.29, 1.82) is 0 Å². The number of esters is 3. The van der Waals surface area contributed by atoms with Crippen LogP contribution >= 0.6 is 0 Å². The molecule has 2 saturated heterocycles. The Balaban J connectivity index is 1.23. The molecule has 5 fully saturated rings. The van der Waals surface area contributed by atoms with E-state index < -0.39 is 108 Å². The Hall–Kier alpha value is -3.99. The molecule has 0 aromatic heterocycles. The number of phenolic OH excluding ortho intramolecular Hbond substituents is 3. The standard InChI is InChI=1S/C30H32O15/c1-28-10-18(33)15-9-30(28,29(15,27(40)45-28)12-42-24(38)13-5-3-2-4-6-13)44-26-23(37)22(36)21(35)19(43-26)11-41-25(39)14-7-16(31)20(34)17(32)8-14/h2-8,15,18-19,21-23,26,31-37H,9-12H2,1H3/t15-,18+,19+,21+,22-,23+,26-,28-,29-,30-/m1/s1. The molecule has 15 heteroatoms. The minimum atomic E-state index is -1.87. The SMILES string of the molecule is C[C@@]12C[C@H](O)[C@H]3C[C@]1(O[C@H]1O[C@@H](COC(=O)c4cc(O)c(O)c(O)c4)[C@H](O)[C@@H](O)[C@@H]1O)[C@@]3(COC(=O)c1ccccc1)C(=O)O2. The second-order valence-electron chi connectivity index (χ2n) is 12.0. The molecule has 2 aromatic carbocycles. The maximum atomic E-state index is 13.5. The van der Waals surface area contributed by atoms with Gasteiger partial charge < -0.3 is 59.4 Å². The summed E-state index contributed by atoms with van der Waals surface area (Å²) in [6.45, 7) is 0.303. The molecule has 10 atom stereocenters. The van der Waals surface area contributed by atoms with Crippen molar-refractivity contribution in [1.82, 2.24) is 0 Å². The minimum absolute atomic E-state index is 0.0397. The number of fused-ring (bicyclic) bond motifs is 1. The van der Waals surface area contributed by atoms with Crippen molar-refractivity contribution in [3.05, 3.63) is 53.6 Å². The number of aromatic hydroxyl groups is 3. The molecule has 0 amide bonds. The first kappa shape index (κ1) is 31.0. The summed E-state index contributed by atoms with van der Waals surface area (Å²) in [7, 11) is 0. The Kier molecular flexibility index (Phi) is 7.46. The molecule has 4 bridgehead atoms. The predicted molar refractivity (Wildman–Crippen MR) is 145 cm³/mol. The molecule has 2 heterocycles. The van der Waals surface area contributed by atoms with E-state index in [1.807, 2.05) is 0 Å². The summed E-state index contributed by atoms with van der Waals surface area (Å²) in [6.07, 6.45) is -9.73. The van der Waals surface area contributed by atoms with E-state index in [-0.39, 0.29) is 24.0 Å². The number of aliphatic hydroxyl groups is 4. The molecule has 2 aromatic rings. The topological polar surface area (TPSA) is 239 Å². The fourth-order valence-corrected chi connectivity index (χ4v) is 7.14. The molecule has 0 spiro atoms. The zero-order chi connectivity index (χ0) is 32.5. The Morgan fingerprint density at radius 3 is 2.20 bits per heavy atom. The van der Waals surface area contributed by atoms with Crippen molar-refractivity contribution in [2.24, 2.45) is 11.3 Å². The van der Waals surface area contributed by atoms with Gasteiger partial charge in [-0.25, -0.2) is 9.59 Å². The molecule has 0 radical (unpaired) electrons. The highest BCUT2D eigenvalue weighted by molar-refractivity contribution is 5.91. The first-order valence-electron chi connectivity index (χ1n) is 14.2. The van der Waals surface area contributed by atoms with Crippen molar-refractivity contribution < 1.29 is 73.8 Å². The number of hydrogen-bond acceptors (Lipinski definition) is 15. The van der Waals surface area contributed by atoms with Crippen LogP contribution in [-0.4, -0.2) is 115 Å². The first-order chi connectivity index (χ1) is 21.2. The smallest absolute Gasteiger partial charge is 0.338 e. The molecule has 3 aliphatic carbocycles. The molecular weight excluding hydrogens is 600 g/mol. The van der Waals surface area contributed by atoms with Crippen LogP contribution in [-0.2, 0) is 28.5 Å². The van der Waals surface area contributed by atoms with Crippen LogP contribution in [0.25, 0.3) is 0 Å². The van der Waals surface area contributed by atoms with Gasteiger partial charge in [0, 0.05) is 12.3 Å². The number of ether oxygens (including phenoxy) is 5. The Morgan fingerprint density at radius 2 is 1.53 bits per heavy atom. The van der Waals surface area contributed by atoms with E-state index in [1.54, 1.807) is 18.2 Å². The number of hydrogen-bond donors (Lipinski definition) is 7. The van der Waals surface area contributed by atoms with E-state index in [4.69, 9.17) is 23.7 Å². The molecule has 7 N–H and O–H groups in total. The minimum Gasteiger partial charge on any atom is -0.504 e. The summed E-state index contributed by atoms with van der Waals surface area (Å²) in [5, 5.41) is 71.9. The first-order valence-corrected chi connectivity index (χ1v) is 14.2. The summed E-state index contributed by atoms with van der Waals surface area (Å²) in [4.78, 5) is 38.9. The lowest BCUT2D eigenvalue weighted by Crippen LogP contribution is -2.80. The van der Waals surface area contributed by atoms with Gasteiger partial charge in [0.15, 0.2) is 23.5 Å². The van der Waals surface area contributed by atoms with E-state index in [9.17, 15) is 50.1 Å². The largest absolute Gasteiger partial charge is 0.504 e. The lowest BCUT2D eigenvalue weighted by Gasteiger charge is -2.66. The van der Waals surface area contributed by atoms with Crippen molar-refractivity contribution in [3.8, 4) is 17.2 Å². The zero-order valence-electron chi connectivity index (χ0n) is 23.8. The molecule has 5 aliphatic rings. The van der Waals surface area contributed by atoms with Gasteiger partial charge in [0.05, 0.1) is 17.2 Å². The number of aliphatic hydroxyl groups excluding tert-OH is 4. The van der Waals surface area contributed by atoms with Crippen LogP contribution < -0.4 is 0 Å². The Bertz CT molecular complexity index is 1490. The third kappa shape index (κ3) is 4.53. The molecule has 3 saturated carbocycles. The van der Waals surface area contributed by atoms with Gasteiger partial charge >= 0.3 is 17.9 Å². The maximum absolute atomic E-state index is 13.5. The van der Waals surface area contributed by atoms with Gasteiger partial charge in [-0.15, -0.1) is 0 Å². The lowest BCUT2D eigenvalue weighted by molar-refractivity contribution is -0.394. The summed E-state index contributed by atoms with van der Waals surface area (Å²) < 4.78 is 28.5. The highest BCUT2D eigenvalue weighted by atomic mass is 16.7. The maximum Gasteiger partial charge on any atom is 0.338 e. The van der Waals surface area contributed by atoms with E-state index in [1.165, 1.54) is 19.1 Å². The highest BCUT2D eigenvalue weighted by Gasteiger charge is 2.88. The highest BCUT2D eigenvalue weighted by Crippen LogP contribution is 2.73. The van der Waals surface area contributed by atoms with Gasteiger partial charge in [-0.2, -0.15) is 0 Å². The summed E-state index contributed by atoms with van der Waals surface area (Å²) in [6, 6.07) is 9.70. The third-order valence-corrected chi connectivity index (χ3v) is 9.57. The van der Waals surface area contributed by atoms with E-state index in [0.717, 1.165) is 12.1 Å². The number of carbonyl (C=O) groups is 3. The third-order valence-electron chi connectivity index (χ3n) is 9.57. The van der Waals surface area contributed by atoms with Gasteiger partial charge in [0.2, 0.25) is 0 Å². The molecular formula is C30H32O15.